The van der Waals surface area contributed by atoms with Gasteiger partial charge in [-0.15, -0.1) is 11.3 Å². The maximum Gasteiger partial charge on any atom is 0.0968 e. The number of hydrogen-bond acceptors (Lipinski definition) is 3. The normalized spacial score (nSPS) is 29.1. The maximum atomic E-state index is 4.95. The average molecular weight is 264 g/mol. The van der Waals surface area contributed by atoms with E-state index in [4.69, 9.17) is 4.98 Å². The zero-order chi connectivity index (χ0) is 12.8. The predicted octanol–water partition coefficient (Wildman–Crippen LogP) is 4.03. The number of rotatable bonds is 4. The van der Waals surface area contributed by atoms with Crippen molar-refractivity contribution < 1.29 is 0 Å². The monoisotopic (exact) mass is 264 g/mol. The van der Waals surface area contributed by atoms with Crippen molar-refractivity contribution in [2.75, 3.05) is 6.54 Å². The third kappa shape index (κ3) is 2.23. The lowest BCUT2D eigenvalue weighted by Crippen LogP contribution is -2.24. The Kier molecular flexibility index (Phi) is 3.23. The van der Waals surface area contributed by atoms with Crippen LogP contribution in [0.25, 0.3) is 0 Å². The second kappa shape index (κ2) is 4.61. The average Bonchev–Trinajstić information content (AvgIpc) is 2.80. The molecule has 1 saturated carbocycles. The molecule has 2 unspecified atom stereocenters. The fraction of sp³-hybridized carbons (Fsp3) is 0.800. The third-order valence-corrected chi connectivity index (χ3v) is 5.74. The van der Waals surface area contributed by atoms with Gasteiger partial charge in [-0.3, -0.25) is 0 Å². The molecule has 3 rings (SSSR count). The summed E-state index contributed by atoms with van der Waals surface area (Å²) in [6.07, 6.45) is 6.33. The summed E-state index contributed by atoms with van der Waals surface area (Å²) in [5.41, 5.74) is 1.91. The van der Waals surface area contributed by atoms with E-state index in [0.29, 0.717) is 11.5 Å². The first kappa shape index (κ1) is 12.6. The summed E-state index contributed by atoms with van der Waals surface area (Å²) >= 11 is 1.99. The van der Waals surface area contributed by atoms with Gasteiger partial charge in [0.25, 0.3) is 0 Å². The fourth-order valence-corrected chi connectivity index (χ4v) is 4.52. The molecule has 0 bridgehead atoms. The molecule has 1 aromatic rings. The second-order valence-electron chi connectivity index (χ2n) is 6.51. The molecule has 2 nitrogen and oxygen atoms in total. The topological polar surface area (TPSA) is 24.9 Å². The zero-order valence-corrected chi connectivity index (χ0v) is 12.6. The van der Waals surface area contributed by atoms with Crippen LogP contribution in [0, 0.1) is 5.41 Å². The Balaban J connectivity index is 1.80. The molecule has 0 saturated heterocycles. The van der Waals surface area contributed by atoms with Gasteiger partial charge >= 0.3 is 0 Å². The highest BCUT2D eigenvalue weighted by molar-refractivity contribution is 7.12. The predicted molar refractivity (Wildman–Crippen MR) is 77.2 cm³/mol. The van der Waals surface area contributed by atoms with E-state index in [2.05, 4.69) is 26.1 Å². The van der Waals surface area contributed by atoms with Gasteiger partial charge in [0.1, 0.15) is 0 Å². The number of fused-ring (bicyclic) bond motifs is 1. The molecule has 3 heteroatoms. The van der Waals surface area contributed by atoms with Crippen LogP contribution in [-0.2, 0) is 6.42 Å². The van der Waals surface area contributed by atoms with Crippen LogP contribution in [0.4, 0.5) is 0 Å². The first-order valence-electron chi connectivity index (χ1n) is 7.34. The highest BCUT2D eigenvalue weighted by Crippen LogP contribution is 2.59. The van der Waals surface area contributed by atoms with Crippen molar-refractivity contribution >= 4 is 11.3 Å². The van der Waals surface area contributed by atoms with Crippen molar-refractivity contribution in [2.45, 2.75) is 64.8 Å². The Bertz CT molecular complexity index is 436. The number of aromatic nitrogens is 1. The molecule has 1 N–H and O–H groups in total. The van der Waals surface area contributed by atoms with Crippen LogP contribution < -0.4 is 5.32 Å². The first-order chi connectivity index (χ1) is 8.62. The maximum absolute atomic E-state index is 4.95. The van der Waals surface area contributed by atoms with Crippen molar-refractivity contribution in [3.63, 3.8) is 0 Å². The highest BCUT2D eigenvalue weighted by atomic mass is 32.1. The summed E-state index contributed by atoms with van der Waals surface area (Å²) in [6.45, 7) is 8.10. The molecule has 100 valence electrons. The summed E-state index contributed by atoms with van der Waals surface area (Å²) in [5.74, 6) is 0.736. The summed E-state index contributed by atoms with van der Waals surface area (Å²) in [6, 6.07) is 0.585. The largest absolute Gasteiger partial charge is 0.309 e. The van der Waals surface area contributed by atoms with Gasteiger partial charge in [-0.05, 0) is 44.1 Å². The van der Waals surface area contributed by atoms with Gasteiger partial charge < -0.3 is 5.32 Å². The number of nitrogens with one attached hydrogen (secondary N) is 1. The Morgan fingerprint density at radius 3 is 2.89 bits per heavy atom. The van der Waals surface area contributed by atoms with Crippen molar-refractivity contribution in [3.05, 3.63) is 15.6 Å². The number of aryl methyl sites for hydroxylation is 1. The molecule has 2 atom stereocenters. The molecule has 0 aliphatic heterocycles. The lowest BCUT2D eigenvalue weighted by atomic mass is 9.98. The van der Waals surface area contributed by atoms with Crippen LogP contribution in [0.2, 0.25) is 0 Å². The first-order valence-corrected chi connectivity index (χ1v) is 8.16. The summed E-state index contributed by atoms with van der Waals surface area (Å²) in [7, 11) is 0. The van der Waals surface area contributed by atoms with Crippen LogP contribution >= 0.6 is 11.3 Å². The molecule has 1 heterocycles. The number of nitrogens with zero attached hydrogens (tertiary/aromatic N) is 1. The Hall–Kier alpha value is -0.410. The molecule has 1 fully saturated rings. The van der Waals surface area contributed by atoms with E-state index >= 15 is 0 Å². The van der Waals surface area contributed by atoms with E-state index in [1.165, 1.54) is 42.8 Å². The van der Waals surface area contributed by atoms with Gasteiger partial charge in [0.05, 0.1) is 10.7 Å². The smallest absolute Gasteiger partial charge is 0.0968 e. The molecule has 1 aromatic heterocycles. The fourth-order valence-electron chi connectivity index (χ4n) is 2.99. The van der Waals surface area contributed by atoms with Crippen molar-refractivity contribution in [1.82, 2.24) is 10.3 Å². The van der Waals surface area contributed by atoms with E-state index < -0.39 is 0 Å². The lowest BCUT2D eigenvalue weighted by Gasteiger charge is -2.22. The van der Waals surface area contributed by atoms with Crippen LogP contribution in [0.15, 0.2) is 0 Å². The van der Waals surface area contributed by atoms with Crippen molar-refractivity contribution in [2.24, 2.45) is 5.41 Å². The van der Waals surface area contributed by atoms with E-state index in [1.807, 2.05) is 11.3 Å². The lowest BCUT2D eigenvalue weighted by molar-refractivity contribution is 0.464. The van der Waals surface area contributed by atoms with E-state index in [-0.39, 0.29) is 0 Å². The molecule has 0 radical (unpaired) electrons. The molecule has 0 amide bonds. The highest BCUT2D eigenvalue weighted by Gasteiger charge is 2.48. The molecule has 18 heavy (non-hydrogen) atoms. The van der Waals surface area contributed by atoms with Crippen LogP contribution in [-0.4, -0.2) is 11.5 Å². The van der Waals surface area contributed by atoms with E-state index in [9.17, 15) is 0 Å². The van der Waals surface area contributed by atoms with Crippen LogP contribution in [0.5, 0.6) is 0 Å². The van der Waals surface area contributed by atoms with Crippen molar-refractivity contribution in [1.29, 1.82) is 0 Å². The van der Waals surface area contributed by atoms with Gasteiger partial charge in [0, 0.05) is 16.8 Å². The minimum absolute atomic E-state index is 0.507. The summed E-state index contributed by atoms with van der Waals surface area (Å²) in [5, 5.41) is 5.10. The third-order valence-electron chi connectivity index (χ3n) is 4.42. The minimum atomic E-state index is 0.507. The van der Waals surface area contributed by atoms with E-state index in [1.54, 1.807) is 4.88 Å². The van der Waals surface area contributed by atoms with E-state index in [0.717, 1.165) is 12.5 Å². The van der Waals surface area contributed by atoms with Gasteiger partial charge in [-0.1, -0.05) is 20.8 Å². The second-order valence-corrected chi connectivity index (χ2v) is 7.57. The van der Waals surface area contributed by atoms with Gasteiger partial charge in [-0.2, -0.15) is 0 Å². The van der Waals surface area contributed by atoms with Crippen LogP contribution in [0.3, 0.4) is 0 Å². The summed E-state index contributed by atoms with van der Waals surface area (Å²) < 4.78 is 0. The Morgan fingerprint density at radius 2 is 2.22 bits per heavy atom. The summed E-state index contributed by atoms with van der Waals surface area (Å²) in [4.78, 5) is 6.49. The van der Waals surface area contributed by atoms with Gasteiger partial charge in [0.15, 0.2) is 0 Å². The number of hydrogen-bond donors (Lipinski definition) is 1. The molecular formula is C15H24N2S. The quantitative estimate of drug-likeness (QED) is 0.888. The standard InChI is InChI=1S/C15H24N2S/c1-4-8-16-11-6-5-7-12-13(11)18-14(17-12)10-9-15(10,2)3/h10-11,16H,4-9H2,1-3H3. The number of thiazole rings is 1. The molecule has 2 aliphatic rings. The molecule has 0 aromatic carbocycles. The van der Waals surface area contributed by atoms with Gasteiger partial charge in [0.2, 0.25) is 0 Å². The zero-order valence-electron chi connectivity index (χ0n) is 11.8. The molecule has 2 aliphatic carbocycles. The van der Waals surface area contributed by atoms with Crippen molar-refractivity contribution in [3.8, 4) is 0 Å². The molecule has 0 spiro atoms. The SMILES string of the molecule is CCCNC1CCCc2nc(C3CC3(C)C)sc21. The van der Waals surface area contributed by atoms with Gasteiger partial charge in [-0.25, -0.2) is 4.98 Å². The minimum Gasteiger partial charge on any atom is -0.309 e. The molecular weight excluding hydrogens is 240 g/mol. The van der Waals surface area contributed by atoms with Crippen LogP contribution in [0.1, 0.15) is 74.0 Å². The Morgan fingerprint density at radius 1 is 1.44 bits per heavy atom. The Labute approximate surface area is 114 Å².